The molecule has 7 nitrogen and oxygen atoms in total. The Morgan fingerprint density at radius 2 is 1.74 bits per heavy atom. The first-order chi connectivity index (χ1) is 14.8. The number of ether oxygens (including phenoxy) is 2. The summed E-state index contributed by atoms with van der Waals surface area (Å²) in [5.41, 5.74) is 1.11. The third-order valence-corrected chi connectivity index (χ3v) is 7.01. The van der Waals surface area contributed by atoms with Gasteiger partial charge in [-0.2, -0.15) is 4.31 Å². The van der Waals surface area contributed by atoms with Gasteiger partial charge in [0.15, 0.2) is 11.5 Å². The predicted molar refractivity (Wildman–Crippen MR) is 122 cm³/mol. The van der Waals surface area contributed by atoms with Gasteiger partial charge in [0, 0.05) is 25.2 Å². The zero-order valence-electron chi connectivity index (χ0n) is 18.3. The van der Waals surface area contributed by atoms with Gasteiger partial charge in [-0.3, -0.25) is 4.79 Å². The number of hydrogen-bond donors (Lipinski definition) is 1. The lowest BCUT2D eigenvalue weighted by Crippen LogP contribution is -2.30. The van der Waals surface area contributed by atoms with Crippen LogP contribution in [0.2, 0.25) is 5.02 Å². The Bertz CT molecular complexity index is 990. The molecule has 0 unspecified atom stereocenters. The van der Waals surface area contributed by atoms with Crippen LogP contribution < -0.4 is 14.8 Å². The van der Waals surface area contributed by atoms with E-state index in [9.17, 15) is 13.2 Å². The lowest BCUT2D eigenvalue weighted by Gasteiger charge is -2.18. The second kappa shape index (κ2) is 11.4. The summed E-state index contributed by atoms with van der Waals surface area (Å²) >= 11 is 6.27. The van der Waals surface area contributed by atoms with E-state index in [0.717, 1.165) is 12.0 Å². The molecule has 1 amide bonds. The van der Waals surface area contributed by atoms with Crippen LogP contribution in [0.1, 0.15) is 43.1 Å². The van der Waals surface area contributed by atoms with Crippen LogP contribution in [0.3, 0.4) is 0 Å². The van der Waals surface area contributed by atoms with Crippen LogP contribution >= 0.6 is 11.6 Å². The van der Waals surface area contributed by atoms with Crippen molar-refractivity contribution in [3.63, 3.8) is 0 Å². The summed E-state index contributed by atoms with van der Waals surface area (Å²) in [6.45, 7) is 7.12. The van der Waals surface area contributed by atoms with E-state index in [1.165, 1.54) is 17.5 Å². The largest absolute Gasteiger partial charge is 0.493 e. The summed E-state index contributed by atoms with van der Waals surface area (Å²) in [6.07, 6.45) is 0.816. The van der Waals surface area contributed by atoms with Gasteiger partial charge >= 0.3 is 0 Å². The molecular formula is C22H29ClN2O5S. The molecule has 0 spiro atoms. The highest BCUT2D eigenvalue weighted by molar-refractivity contribution is 7.89. The molecule has 0 atom stereocenters. The predicted octanol–water partition coefficient (Wildman–Crippen LogP) is 4.10. The Kier molecular flexibility index (Phi) is 9.15. The van der Waals surface area contributed by atoms with Crippen molar-refractivity contribution in [3.05, 3.63) is 52.5 Å². The highest BCUT2D eigenvalue weighted by Gasteiger charge is 2.21. The molecule has 2 aromatic rings. The molecule has 9 heteroatoms. The molecule has 0 heterocycles. The molecule has 0 aliphatic rings. The first-order valence-electron chi connectivity index (χ1n) is 10.2. The topological polar surface area (TPSA) is 84.9 Å². The molecule has 0 bridgehead atoms. The molecule has 2 aromatic carbocycles. The second-order valence-corrected chi connectivity index (χ2v) is 9.10. The second-order valence-electron chi connectivity index (χ2n) is 6.75. The number of nitrogens with zero attached hydrogens (tertiary/aromatic N) is 1. The van der Waals surface area contributed by atoms with E-state index >= 15 is 0 Å². The quantitative estimate of drug-likeness (QED) is 0.536. The van der Waals surface area contributed by atoms with Crippen LogP contribution in [0.5, 0.6) is 11.5 Å². The number of methoxy groups -OCH3 is 1. The fraction of sp³-hybridized carbons (Fsp3) is 0.409. The van der Waals surface area contributed by atoms with Crippen molar-refractivity contribution in [2.45, 2.75) is 38.6 Å². The van der Waals surface area contributed by atoms with E-state index in [0.29, 0.717) is 41.8 Å². The Hall–Kier alpha value is -2.29. The molecule has 0 saturated heterocycles. The fourth-order valence-electron chi connectivity index (χ4n) is 2.97. The minimum Gasteiger partial charge on any atom is -0.493 e. The Morgan fingerprint density at radius 1 is 1.10 bits per heavy atom. The van der Waals surface area contributed by atoms with Crippen LogP contribution in [-0.2, 0) is 16.6 Å². The van der Waals surface area contributed by atoms with Gasteiger partial charge in [0.25, 0.3) is 5.91 Å². The van der Waals surface area contributed by atoms with Gasteiger partial charge in [-0.1, -0.05) is 44.5 Å². The lowest BCUT2D eigenvalue weighted by molar-refractivity contribution is 0.0950. The van der Waals surface area contributed by atoms with E-state index in [4.69, 9.17) is 21.1 Å². The zero-order valence-corrected chi connectivity index (χ0v) is 19.8. The maximum absolute atomic E-state index is 12.6. The number of carbonyl (C=O) groups excluding carboxylic acids is 1. The number of amides is 1. The average molecular weight is 469 g/mol. The molecule has 0 saturated carbocycles. The van der Waals surface area contributed by atoms with Crippen molar-refractivity contribution in [1.82, 2.24) is 9.62 Å². The molecular weight excluding hydrogens is 440 g/mol. The standard InChI is InChI=1S/C22H29ClN2O5S/c1-5-12-30-21-19(23)13-17(14-20(21)29-4)22(26)24-15-16-8-10-18(11-9-16)31(27,28)25(6-2)7-3/h8-11,13-14H,5-7,12,15H2,1-4H3,(H,24,26). The first-order valence-corrected chi connectivity index (χ1v) is 12.0. The molecule has 31 heavy (non-hydrogen) atoms. The van der Waals surface area contributed by atoms with Crippen molar-refractivity contribution in [1.29, 1.82) is 0 Å². The third-order valence-electron chi connectivity index (χ3n) is 4.66. The highest BCUT2D eigenvalue weighted by atomic mass is 35.5. The van der Waals surface area contributed by atoms with Gasteiger partial charge in [-0.25, -0.2) is 8.42 Å². The number of benzene rings is 2. The summed E-state index contributed by atoms with van der Waals surface area (Å²) in [7, 11) is -2.02. The Labute approximate surface area is 189 Å². The minimum atomic E-state index is -3.51. The van der Waals surface area contributed by atoms with E-state index in [1.54, 1.807) is 44.2 Å². The minimum absolute atomic E-state index is 0.227. The van der Waals surface area contributed by atoms with Gasteiger partial charge < -0.3 is 14.8 Å². The zero-order chi connectivity index (χ0) is 23.0. The Morgan fingerprint density at radius 3 is 2.29 bits per heavy atom. The lowest BCUT2D eigenvalue weighted by atomic mass is 10.1. The summed E-state index contributed by atoms with van der Waals surface area (Å²) in [6, 6.07) is 9.58. The van der Waals surface area contributed by atoms with Crippen molar-refractivity contribution >= 4 is 27.5 Å². The van der Waals surface area contributed by atoms with Crippen LogP contribution in [0, 0.1) is 0 Å². The fourth-order valence-corrected chi connectivity index (χ4v) is 4.69. The van der Waals surface area contributed by atoms with Crippen molar-refractivity contribution in [2.75, 3.05) is 26.8 Å². The van der Waals surface area contributed by atoms with Crippen LogP contribution in [0.15, 0.2) is 41.3 Å². The maximum Gasteiger partial charge on any atom is 0.251 e. The van der Waals surface area contributed by atoms with Gasteiger partial charge in [-0.05, 0) is 36.2 Å². The molecule has 2 rings (SSSR count). The van der Waals surface area contributed by atoms with Gasteiger partial charge in [0.1, 0.15) is 0 Å². The number of sulfonamides is 1. The molecule has 0 radical (unpaired) electrons. The van der Waals surface area contributed by atoms with Crippen LogP contribution in [0.4, 0.5) is 0 Å². The van der Waals surface area contributed by atoms with Crippen molar-refractivity contribution < 1.29 is 22.7 Å². The molecule has 0 fully saturated rings. The van der Waals surface area contributed by atoms with Crippen molar-refractivity contribution in [3.8, 4) is 11.5 Å². The van der Waals surface area contributed by atoms with Crippen LogP contribution in [-0.4, -0.2) is 45.4 Å². The summed E-state index contributed by atoms with van der Waals surface area (Å²) in [5.74, 6) is 0.465. The molecule has 0 aliphatic carbocycles. The van der Waals surface area contributed by atoms with E-state index in [1.807, 2.05) is 6.92 Å². The summed E-state index contributed by atoms with van der Waals surface area (Å²) < 4.78 is 37.4. The summed E-state index contributed by atoms with van der Waals surface area (Å²) in [5, 5.41) is 3.10. The molecule has 0 aliphatic heterocycles. The number of carbonyl (C=O) groups is 1. The SMILES string of the molecule is CCCOc1c(Cl)cc(C(=O)NCc2ccc(S(=O)(=O)N(CC)CC)cc2)cc1OC. The van der Waals surface area contributed by atoms with Gasteiger partial charge in [0.2, 0.25) is 10.0 Å². The van der Waals surface area contributed by atoms with Crippen molar-refractivity contribution in [2.24, 2.45) is 0 Å². The normalized spacial score (nSPS) is 11.4. The first kappa shape index (κ1) is 25.0. The molecule has 1 N–H and O–H groups in total. The molecule has 0 aromatic heterocycles. The number of hydrogen-bond acceptors (Lipinski definition) is 5. The maximum atomic E-state index is 12.6. The van der Waals surface area contributed by atoms with E-state index < -0.39 is 10.0 Å². The molecule has 170 valence electrons. The van der Waals surface area contributed by atoms with Crippen LogP contribution in [0.25, 0.3) is 0 Å². The Balaban J connectivity index is 2.10. The smallest absolute Gasteiger partial charge is 0.251 e. The number of nitrogens with one attached hydrogen (secondary N) is 1. The highest BCUT2D eigenvalue weighted by Crippen LogP contribution is 2.36. The number of rotatable bonds is 11. The van der Waals surface area contributed by atoms with Gasteiger partial charge in [0.05, 0.1) is 23.6 Å². The van der Waals surface area contributed by atoms with E-state index in [-0.39, 0.29) is 17.3 Å². The number of halogens is 1. The van der Waals surface area contributed by atoms with E-state index in [2.05, 4.69) is 5.32 Å². The van der Waals surface area contributed by atoms with Gasteiger partial charge in [-0.15, -0.1) is 0 Å². The monoisotopic (exact) mass is 468 g/mol. The summed E-state index contributed by atoms with van der Waals surface area (Å²) in [4.78, 5) is 12.8. The average Bonchev–Trinajstić information content (AvgIpc) is 2.77. The third kappa shape index (κ3) is 6.12.